The van der Waals surface area contributed by atoms with E-state index in [0.29, 0.717) is 31.6 Å². The quantitative estimate of drug-likeness (QED) is 0.856. The van der Waals surface area contributed by atoms with Crippen molar-refractivity contribution in [2.75, 3.05) is 13.1 Å². The molecule has 5 heteroatoms. The second kappa shape index (κ2) is 5.27. The summed E-state index contributed by atoms with van der Waals surface area (Å²) >= 11 is 0. The Bertz CT molecular complexity index is 450. The Morgan fingerprint density at radius 2 is 2.05 bits per heavy atom. The molecule has 2 heterocycles. The zero-order chi connectivity index (χ0) is 14.0. The van der Waals surface area contributed by atoms with Gasteiger partial charge in [-0.15, -0.1) is 0 Å². The van der Waals surface area contributed by atoms with Gasteiger partial charge in [0.1, 0.15) is 11.6 Å². The minimum Gasteiger partial charge on any atom is -0.480 e. The summed E-state index contributed by atoms with van der Waals surface area (Å²) in [5, 5.41) is 19.6. The van der Waals surface area contributed by atoms with E-state index in [1.165, 1.54) is 0 Å². The van der Waals surface area contributed by atoms with Gasteiger partial charge >= 0.3 is 5.97 Å². The van der Waals surface area contributed by atoms with Crippen LogP contribution >= 0.6 is 0 Å². The Balaban J connectivity index is 2.05. The van der Waals surface area contributed by atoms with Gasteiger partial charge in [-0.3, -0.25) is 14.7 Å². The zero-order valence-electron chi connectivity index (χ0n) is 11.3. The number of piperidine rings is 1. The predicted octanol–water partition coefficient (Wildman–Crippen LogP) is 1.15. The van der Waals surface area contributed by atoms with E-state index in [2.05, 4.69) is 4.98 Å². The van der Waals surface area contributed by atoms with E-state index < -0.39 is 17.6 Å². The van der Waals surface area contributed by atoms with Gasteiger partial charge in [0.15, 0.2) is 0 Å². The first kappa shape index (κ1) is 14.0. The molecular weight excluding hydrogens is 244 g/mol. The number of hydrogen-bond acceptors (Lipinski definition) is 4. The number of aromatic nitrogens is 1. The third-order valence-corrected chi connectivity index (χ3v) is 3.92. The highest BCUT2D eigenvalue weighted by Gasteiger charge is 2.37. The van der Waals surface area contributed by atoms with Crippen LogP contribution in [-0.2, 0) is 10.4 Å². The number of carboxylic acid groups (broad SMARTS) is 1. The van der Waals surface area contributed by atoms with Gasteiger partial charge in [-0.2, -0.15) is 0 Å². The van der Waals surface area contributed by atoms with Crippen molar-refractivity contribution in [2.45, 2.75) is 38.3 Å². The van der Waals surface area contributed by atoms with Crippen molar-refractivity contribution < 1.29 is 15.0 Å². The van der Waals surface area contributed by atoms with Gasteiger partial charge in [0, 0.05) is 19.3 Å². The van der Waals surface area contributed by atoms with Gasteiger partial charge < -0.3 is 10.2 Å². The monoisotopic (exact) mass is 264 g/mol. The summed E-state index contributed by atoms with van der Waals surface area (Å²) in [6.07, 6.45) is 2.78. The third kappa shape index (κ3) is 2.93. The van der Waals surface area contributed by atoms with E-state index in [1.807, 2.05) is 24.0 Å². The summed E-state index contributed by atoms with van der Waals surface area (Å²) in [4.78, 5) is 17.1. The van der Waals surface area contributed by atoms with Crippen molar-refractivity contribution in [1.82, 2.24) is 9.88 Å². The molecule has 2 rings (SSSR count). The van der Waals surface area contributed by atoms with Crippen molar-refractivity contribution in [3.63, 3.8) is 0 Å². The zero-order valence-corrected chi connectivity index (χ0v) is 11.3. The highest BCUT2D eigenvalue weighted by atomic mass is 16.4. The van der Waals surface area contributed by atoms with Crippen LogP contribution in [0.3, 0.4) is 0 Å². The second-order valence-electron chi connectivity index (χ2n) is 5.30. The SMILES string of the molecule is Cc1ccc(C2(O)CCN(C(C)C(=O)O)CC2)nc1. The first-order chi connectivity index (χ1) is 8.92. The van der Waals surface area contributed by atoms with Gasteiger partial charge in [-0.1, -0.05) is 6.07 Å². The van der Waals surface area contributed by atoms with Crippen molar-refractivity contribution in [2.24, 2.45) is 0 Å². The van der Waals surface area contributed by atoms with Crippen LogP contribution in [0, 0.1) is 6.92 Å². The maximum Gasteiger partial charge on any atom is 0.320 e. The van der Waals surface area contributed by atoms with Crippen LogP contribution < -0.4 is 0 Å². The number of nitrogens with zero attached hydrogens (tertiary/aromatic N) is 2. The Morgan fingerprint density at radius 3 is 2.53 bits per heavy atom. The summed E-state index contributed by atoms with van der Waals surface area (Å²) < 4.78 is 0. The molecule has 0 aliphatic carbocycles. The number of aliphatic hydroxyl groups is 1. The normalized spacial score (nSPS) is 21.0. The van der Waals surface area contributed by atoms with Crippen LogP contribution in [0.15, 0.2) is 18.3 Å². The minimum absolute atomic E-state index is 0.504. The number of pyridine rings is 1. The van der Waals surface area contributed by atoms with E-state index >= 15 is 0 Å². The van der Waals surface area contributed by atoms with E-state index in [1.54, 1.807) is 13.1 Å². The Labute approximate surface area is 112 Å². The number of carbonyl (C=O) groups is 1. The van der Waals surface area contributed by atoms with Crippen LogP contribution in [-0.4, -0.2) is 45.2 Å². The van der Waals surface area contributed by atoms with Gasteiger partial charge in [0.2, 0.25) is 0 Å². The van der Waals surface area contributed by atoms with Crippen LogP contribution in [0.1, 0.15) is 31.0 Å². The number of likely N-dealkylation sites (tertiary alicyclic amines) is 1. The summed E-state index contributed by atoms with van der Waals surface area (Å²) in [7, 11) is 0. The van der Waals surface area contributed by atoms with E-state index in [-0.39, 0.29) is 0 Å². The Kier molecular flexibility index (Phi) is 3.87. The highest BCUT2D eigenvalue weighted by molar-refractivity contribution is 5.72. The maximum absolute atomic E-state index is 11.0. The van der Waals surface area contributed by atoms with E-state index in [4.69, 9.17) is 5.11 Å². The lowest BCUT2D eigenvalue weighted by molar-refractivity contribution is -0.144. The summed E-state index contributed by atoms with van der Waals surface area (Å²) in [6, 6.07) is 3.29. The molecule has 0 radical (unpaired) electrons. The van der Waals surface area contributed by atoms with Gasteiger partial charge in [-0.25, -0.2) is 0 Å². The lowest BCUT2D eigenvalue weighted by atomic mass is 9.87. The molecule has 0 saturated carbocycles. The molecule has 1 aliphatic heterocycles. The first-order valence-corrected chi connectivity index (χ1v) is 6.55. The smallest absolute Gasteiger partial charge is 0.320 e. The first-order valence-electron chi connectivity index (χ1n) is 6.55. The average molecular weight is 264 g/mol. The molecule has 0 aromatic carbocycles. The molecule has 0 amide bonds. The number of aliphatic carboxylic acids is 1. The second-order valence-corrected chi connectivity index (χ2v) is 5.30. The molecule has 1 aromatic heterocycles. The minimum atomic E-state index is -0.928. The molecule has 1 aromatic rings. The molecule has 1 atom stereocenters. The van der Waals surface area contributed by atoms with Crippen LogP contribution in [0.25, 0.3) is 0 Å². The fourth-order valence-electron chi connectivity index (χ4n) is 2.44. The van der Waals surface area contributed by atoms with Crippen molar-refractivity contribution >= 4 is 5.97 Å². The molecule has 1 fully saturated rings. The standard InChI is InChI=1S/C14H20N2O3/c1-10-3-4-12(15-9-10)14(19)5-7-16(8-6-14)11(2)13(17)18/h3-4,9,11,19H,5-8H2,1-2H3,(H,17,18). The molecule has 19 heavy (non-hydrogen) atoms. The topological polar surface area (TPSA) is 73.7 Å². The fraction of sp³-hybridized carbons (Fsp3) is 0.571. The largest absolute Gasteiger partial charge is 0.480 e. The summed E-state index contributed by atoms with van der Waals surface area (Å²) in [6.45, 7) is 4.77. The van der Waals surface area contributed by atoms with Crippen molar-refractivity contribution in [3.05, 3.63) is 29.6 Å². The number of aryl methyl sites for hydroxylation is 1. The average Bonchev–Trinajstić information content (AvgIpc) is 2.39. The Morgan fingerprint density at radius 1 is 1.42 bits per heavy atom. The number of rotatable bonds is 3. The number of carboxylic acids is 1. The maximum atomic E-state index is 11.0. The predicted molar refractivity (Wildman–Crippen MR) is 70.8 cm³/mol. The van der Waals surface area contributed by atoms with E-state index in [9.17, 15) is 9.90 Å². The molecule has 0 spiro atoms. The molecule has 5 nitrogen and oxygen atoms in total. The van der Waals surface area contributed by atoms with Gasteiger partial charge in [-0.05, 0) is 38.3 Å². The van der Waals surface area contributed by atoms with Crippen LogP contribution in [0.2, 0.25) is 0 Å². The molecule has 0 bridgehead atoms. The molecular formula is C14H20N2O3. The summed E-state index contributed by atoms with van der Waals surface area (Å²) in [5.41, 5.74) is 0.813. The lowest BCUT2D eigenvalue weighted by Crippen LogP contribution is -2.48. The van der Waals surface area contributed by atoms with Crippen LogP contribution in [0.5, 0.6) is 0 Å². The fourth-order valence-corrected chi connectivity index (χ4v) is 2.44. The summed E-state index contributed by atoms with van der Waals surface area (Å²) in [5.74, 6) is -0.820. The molecule has 2 N–H and O–H groups in total. The van der Waals surface area contributed by atoms with Gasteiger partial charge in [0.25, 0.3) is 0 Å². The number of hydrogen-bond donors (Lipinski definition) is 2. The van der Waals surface area contributed by atoms with Crippen LogP contribution in [0.4, 0.5) is 0 Å². The molecule has 1 saturated heterocycles. The molecule has 104 valence electrons. The molecule has 1 aliphatic rings. The lowest BCUT2D eigenvalue weighted by Gasteiger charge is -2.39. The van der Waals surface area contributed by atoms with Crippen molar-refractivity contribution in [3.8, 4) is 0 Å². The Hall–Kier alpha value is -1.46. The van der Waals surface area contributed by atoms with Gasteiger partial charge in [0.05, 0.1) is 5.69 Å². The van der Waals surface area contributed by atoms with E-state index in [0.717, 1.165) is 5.56 Å². The highest BCUT2D eigenvalue weighted by Crippen LogP contribution is 2.32. The molecule has 1 unspecified atom stereocenters. The third-order valence-electron chi connectivity index (χ3n) is 3.92. The van der Waals surface area contributed by atoms with Crippen molar-refractivity contribution in [1.29, 1.82) is 0 Å².